The van der Waals surface area contributed by atoms with E-state index in [-0.39, 0.29) is 12.2 Å². The Balaban J connectivity index is 1.50. The number of aryl methyl sites for hydroxylation is 2. The third-order valence-corrected chi connectivity index (χ3v) is 6.45. The Morgan fingerprint density at radius 2 is 2.00 bits per heavy atom. The van der Waals surface area contributed by atoms with Gasteiger partial charge in [0, 0.05) is 24.0 Å². The molecule has 176 valence electrons. The van der Waals surface area contributed by atoms with E-state index in [1.165, 1.54) is 16.9 Å². The molecule has 6 nitrogen and oxygen atoms in total. The molecular formula is C27H29N3O3S. The second-order valence-corrected chi connectivity index (χ2v) is 9.28. The number of hydrogen-bond donors (Lipinski definition) is 2. The van der Waals surface area contributed by atoms with E-state index in [9.17, 15) is 9.90 Å². The van der Waals surface area contributed by atoms with Crippen molar-refractivity contribution >= 4 is 21.6 Å². The minimum atomic E-state index is -0.700. The Kier molecular flexibility index (Phi) is 7.57. The van der Waals surface area contributed by atoms with Crippen molar-refractivity contribution in [3.8, 4) is 16.9 Å². The van der Waals surface area contributed by atoms with E-state index in [0.717, 1.165) is 16.7 Å². The largest absolute Gasteiger partial charge is 0.491 e. The van der Waals surface area contributed by atoms with Crippen LogP contribution in [0.5, 0.6) is 5.75 Å². The molecule has 4 rings (SSSR count). The van der Waals surface area contributed by atoms with Crippen molar-refractivity contribution in [3.05, 3.63) is 93.9 Å². The molecule has 2 aromatic carbocycles. The fraction of sp³-hybridized carbons (Fsp3) is 0.259. The van der Waals surface area contributed by atoms with Gasteiger partial charge in [0.15, 0.2) is 0 Å². The van der Waals surface area contributed by atoms with Crippen LogP contribution in [0.15, 0.2) is 71.4 Å². The molecule has 4 aromatic rings. The van der Waals surface area contributed by atoms with Gasteiger partial charge in [-0.05, 0) is 37.1 Å². The number of nitrogens with zero attached hydrogens (tertiary/aromatic N) is 2. The minimum Gasteiger partial charge on any atom is -0.491 e. The number of ether oxygens (including phenoxy) is 1. The monoisotopic (exact) mass is 475 g/mol. The van der Waals surface area contributed by atoms with Crippen LogP contribution >= 0.6 is 11.3 Å². The first-order valence-electron chi connectivity index (χ1n) is 11.2. The Labute approximate surface area is 203 Å². The fourth-order valence-corrected chi connectivity index (χ4v) is 5.00. The third kappa shape index (κ3) is 5.62. The molecule has 2 N–H and O–H groups in total. The van der Waals surface area contributed by atoms with E-state index in [1.807, 2.05) is 40.6 Å². The van der Waals surface area contributed by atoms with Gasteiger partial charge in [-0.25, -0.2) is 4.98 Å². The number of H-pyrrole nitrogens is 1. The SMILES string of the molecule is C=CCN(Cc1nc2scc(-c3ccc(C)cc3C)c2c(=O)[nH]1)CC(O)COc1ccccc1. The minimum absolute atomic E-state index is 0.150. The van der Waals surface area contributed by atoms with Gasteiger partial charge < -0.3 is 14.8 Å². The van der Waals surface area contributed by atoms with Gasteiger partial charge in [0.2, 0.25) is 0 Å². The van der Waals surface area contributed by atoms with E-state index in [1.54, 1.807) is 6.08 Å². The summed E-state index contributed by atoms with van der Waals surface area (Å²) in [7, 11) is 0. The van der Waals surface area contributed by atoms with Crippen LogP contribution in [0, 0.1) is 13.8 Å². The number of fused-ring (bicyclic) bond motifs is 1. The van der Waals surface area contributed by atoms with Gasteiger partial charge in [0.1, 0.15) is 29.1 Å². The van der Waals surface area contributed by atoms with Crippen molar-refractivity contribution < 1.29 is 9.84 Å². The first-order valence-corrected chi connectivity index (χ1v) is 12.1. The van der Waals surface area contributed by atoms with Gasteiger partial charge in [0.05, 0.1) is 11.9 Å². The van der Waals surface area contributed by atoms with Crippen molar-refractivity contribution in [2.24, 2.45) is 0 Å². The zero-order valence-electron chi connectivity index (χ0n) is 19.5. The summed E-state index contributed by atoms with van der Waals surface area (Å²) in [6, 6.07) is 15.6. The first kappa shape index (κ1) is 23.9. The molecule has 2 aromatic heterocycles. The van der Waals surface area contributed by atoms with E-state index in [4.69, 9.17) is 9.72 Å². The Bertz CT molecular complexity index is 1330. The maximum absolute atomic E-state index is 13.1. The van der Waals surface area contributed by atoms with Gasteiger partial charge in [0.25, 0.3) is 5.56 Å². The smallest absolute Gasteiger partial charge is 0.260 e. The maximum Gasteiger partial charge on any atom is 0.260 e. The molecule has 2 heterocycles. The van der Waals surface area contributed by atoms with Crippen molar-refractivity contribution in [1.82, 2.24) is 14.9 Å². The average molecular weight is 476 g/mol. The predicted molar refractivity (Wildman–Crippen MR) is 139 cm³/mol. The quantitative estimate of drug-likeness (QED) is 0.325. The molecule has 0 fully saturated rings. The molecule has 0 aliphatic rings. The van der Waals surface area contributed by atoms with E-state index in [2.05, 4.69) is 43.6 Å². The lowest BCUT2D eigenvalue weighted by Gasteiger charge is -2.23. The number of thiophene rings is 1. The third-order valence-electron chi connectivity index (χ3n) is 5.58. The van der Waals surface area contributed by atoms with Crippen LogP contribution in [0.25, 0.3) is 21.3 Å². The number of aliphatic hydroxyl groups is 1. The molecule has 1 unspecified atom stereocenters. The Hall–Kier alpha value is -3.26. The Morgan fingerprint density at radius 1 is 1.21 bits per heavy atom. The summed E-state index contributed by atoms with van der Waals surface area (Å²) in [6.07, 6.45) is 1.07. The molecule has 0 aliphatic heterocycles. The summed E-state index contributed by atoms with van der Waals surface area (Å²) >= 11 is 1.47. The zero-order valence-corrected chi connectivity index (χ0v) is 20.3. The lowest BCUT2D eigenvalue weighted by atomic mass is 9.99. The van der Waals surface area contributed by atoms with Crippen molar-refractivity contribution in [1.29, 1.82) is 0 Å². The molecule has 0 spiro atoms. The zero-order chi connectivity index (χ0) is 24.1. The standard InChI is InChI=1S/C27H29N3O3S/c1-4-12-30(14-20(31)16-33-21-8-6-5-7-9-21)15-24-28-26(32)25-23(17-34-27(25)29-24)22-11-10-18(2)13-19(22)3/h4-11,13,17,20,31H,1,12,14-16H2,2-3H3,(H,28,29,32). The highest BCUT2D eigenvalue weighted by molar-refractivity contribution is 7.17. The molecule has 1 atom stereocenters. The fourth-order valence-electron chi connectivity index (χ4n) is 4.04. The van der Waals surface area contributed by atoms with Gasteiger partial charge >= 0.3 is 0 Å². The summed E-state index contributed by atoms with van der Waals surface area (Å²) in [6.45, 7) is 9.39. The van der Waals surface area contributed by atoms with Gasteiger partial charge in [-0.3, -0.25) is 9.69 Å². The van der Waals surface area contributed by atoms with Crippen molar-refractivity contribution in [2.75, 3.05) is 19.7 Å². The summed E-state index contributed by atoms with van der Waals surface area (Å²) in [5.41, 5.74) is 4.13. The highest BCUT2D eigenvalue weighted by Crippen LogP contribution is 2.33. The van der Waals surface area contributed by atoms with Gasteiger partial charge in [-0.2, -0.15) is 0 Å². The summed E-state index contributed by atoms with van der Waals surface area (Å²) in [4.78, 5) is 23.4. The molecule has 0 aliphatic carbocycles. The normalized spacial score (nSPS) is 12.2. The van der Waals surface area contributed by atoms with Crippen LogP contribution in [0.3, 0.4) is 0 Å². The van der Waals surface area contributed by atoms with Crippen molar-refractivity contribution in [3.63, 3.8) is 0 Å². The van der Waals surface area contributed by atoms with Crippen molar-refractivity contribution in [2.45, 2.75) is 26.5 Å². The molecule has 0 bridgehead atoms. The lowest BCUT2D eigenvalue weighted by Crippen LogP contribution is -2.36. The number of aliphatic hydroxyl groups excluding tert-OH is 1. The molecule has 0 amide bonds. The summed E-state index contributed by atoms with van der Waals surface area (Å²) in [5, 5.41) is 13.1. The number of aromatic amines is 1. The molecule has 0 saturated carbocycles. The van der Waals surface area contributed by atoms with Crippen LogP contribution in [0.2, 0.25) is 0 Å². The van der Waals surface area contributed by atoms with Gasteiger partial charge in [-0.1, -0.05) is 48.0 Å². The number of rotatable bonds is 10. The molecular weight excluding hydrogens is 446 g/mol. The second kappa shape index (κ2) is 10.8. The van der Waals surface area contributed by atoms with E-state index >= 15 is 0 Å². The van der Waals surface area contributed by atoms with Crippen LogP contribution in [-0.2, 0) is 6.54 Å². The first-order chi connectivity index (χ1) is 16.4. The van der Waals surface area contributed by atoms with Crippen LogP contribution < -0.4 is 10.3 Å². The molecule has 7 heteroatoms. The maximum atomic E-state index is 13.1. The summed E-state index contributed by atoms with van der Waals surface area (Å²) < 4.78 is 5.66. The Morgan fingerprint density at radius 3 is 2.74 bits per heavy atom. The lowest BCUT2D eigenvalue weighted by molar-refractivity contribution is 0.0689. The molecule has 34 heavy (non-hydrogen) atoms. The van der Waals surface area contributed by atoms with E-state index in [0.29, 0.717) is 41.4 Å². The summed E-state index contributed by atoms with van der Waals surface area (Å²) in [5.74, 6) is 1.27. The predicted octanol–water partition coefficient (Wildman–Crippen LogP) is 4.70. The highest BCUT2D eigenvalue weighted by atomic mass is 32.1. The number of nitrogens with one attached hydrogen (secondary N) is 1. The molecule has 0 radical (unpaired) electrons. The van der Waals surface area contributed by atoms with Crippen LogP contribution in [-0.4, -0.2) is 45.8 Å². The van der Waals surface area contributed by atoms with Crippen LogP contribution in [0.4, 0.5) is 0 Å². The van der Waals surface area contributed by atoms with Crippen LogP contribution in [0.1, 0.15) is 17.0 Å². The van der Waals surface area contributed by atoms with E-state index < -0.39 is 6.10 Å². The number of benzene rings is 2. The topological polar surface area (TPSA) is 78.5 Å². The second-order valence-electron chi connectivity index (χ2n) is 8.42. The number of hydrogen-bond acceptors (Lipinski definition) is 6. The van der Waals surface area contributed by atoms with Gasteiger partial charge in [-0.15, -0.1) is 17.9 Å². The average Bonchev–Trinajstić information content (AvgIpc) is 3.23. The number of para-hydroxylation sites is 1. The molecule has 0 saturated heterocycles. The highest BCUT2D eigenvalue weighted by Gasteiger charge is 2.17. The number of aromatic nitrogens is 2.